The molecule has 0 radical (unpaired) electrons. The van der Waals surface area contributed by atoms with Crippen LogP contribution in [0.2, 0.25) is 0 Å². The fraction of sp³-hybridized carbons (Fsp3) is 0.429. The number of benzene rings is 1. The molecule has 3 rings (SSSR count). The third kappa shape index (κ3) is 5.69. The predicted octanol–water partition coefficient (Wildman–Crippen LogP) is 1.96. The molecule has 0 spiro atoms. The maximum absolute atomic E-state index is 12.4. The maximum Gasteiger partial charge on any atom is 0.223 e. The number of carbonyl (C=O) groups is 1. The van der Waals surface area contributed by atoms with Gasteiger partial charge in [-0.05, 0) is 42.8 Å². The zero-order chi connectivity index (χ0) is 18.9. The summed E-state index contributed by atoms with van der Waals surface area (Å²) < 4.78 is 5.16. The van der Waals surface area contributed by atoms with Gasteiger partial charge in [-0.2, -0.15) is 0 Å². The van der Waals surface area contributed by atoms with E-state index < -0.39 is 0 Å². The SMILES string of the molecule is COc1ccc(CCNCCC(=O)N2CCN(c3ccccn3)CC2)cc1. The molecule has 2 heterocycles. The van der Waals surface area contributed by atoms with Crippen molar-refractivity contribution in [3.8, 4) is 5.75 Å². The van der Waals surface area contributed by atoms with Crippen LogP contribution in [0, 0.1) is 0 Å². The van der Waals surface area contributed by atoms with E-state index in [-0.39, 0.29) is 5.91 Å². The zero-order valence-electron chi connectivity index (χ0n) is 15.9. The Kier molecular flexibility index (Phi) is 7.04. The Morgan fingerprint density at radius 1 is 1.07 bits per heavy atom. The number of hydrogen-bond donors (Lipinski definition) is 1. The molecule has 6 heteroatoms. The number of methoxy groups -OCH3 is 1. The maximum atomic E-state index is 12.4. The van der Waals surface area contributed by atoms with Gasteiger partial charge in [0.05, 0.1) is 7.11 Å². The zero-order valence-corrected chi connectivity index (χ0v) is 15.9. The van der Waals surface area contributed by atoms with Crippen molar-refractivity contribution in [1.29, 1.82) is 0 Å². The second-order valence-electron chi connectivity index (χ2n) is 6.65. The van der Waals surface area contributed by atoms with Gasteiger partial charge in [0.15, 0.2) is 0 Å². The quantitative estimate of drug-likeness (QED) is 0.722. The number of ether oxygens (including phenoxy) is 1. The third-order valence-corrected chi connectivity index (χ3v) is 4.87. The summed E-state index contributed by atoms with van der Waals surface area (Å²) in [7, 11) is 1.67. The van der Waals surface area contributed by atoms with E-state index >= 15 is 0 Å². The summed E-state index contributed by atoms with van der Waals surface area (Å²) >= 11 is 0. The molecule has 1 saturated heterocycles. The van der Waals surface area contributed by atoms with Crippen LogP contribution in [0.15, 0.2) is 48.7 Å². The van der Waals surface area contributed by atoms with Crippen molar-refractivity contribution in [2.75, 3.05) is 51.3 Å². The molecular weight excluding hydrogens is 340 g/mol. The van der Waals surface area contributed by atoms with Gasteiger partial charge in [-0.3, -0.25) is 4.79 Å². The molecule has 1 amide bonds. The standard InChI is InChI=1S/C21H28N4O2/c1-27-19-7-5-18(6-8-19)9-12-22-13-10-21(26)25-16-14-24(15-17-25)20-4-2-3-11-23-20/h2-8,11,22H,9-10,12-17H2,1H3. The molecule has 1 aliphatic rings. The Labute approximate surface area is 161 Å². The minimum absolute atomic E-state index is 0.229. The van der Waals surface area contributed by atoms with Crippen LogP contribution in [0.1, 0.15) is 12.0 Å². The Bertz CT molecular complexity index is 698. The smallest absolute Gasteiger partial charge is 0.223 e. The summed E-state index contributed by atoms with van der Waals surface area (Å²) in [5.41, 5.74) is 1.26. The lowest BCUT2D eigenvalue weighted by Gasteiger charge is -2.35. The van der Waals surface area contributed by atoms with Gasteiger partial charge in [-0.15, -0.1) is 0 Å². The van der Waals surface area contributed by atoms with E-state index in [4.69, 9.17) is 4.74 Å². The summed E-state index contributed by atoms with van der Waals surface area (Å²) in [5.74, 6) is 2.10. The van der Waals surface area contributed by atoms with Gasteiger partial charge in [0, 0.05) is 45.3 Å². The first-order valence-corrected chi connectivity index (χ1v) is 9.53. The Morgan fingerprint density at radius 2 is 1.85 bits per heavy atom. The molecule has 2 aromatic rings. The first-order valence-electron chi connectivity index (χ1n) is 9.53. The minimum Gasteiger partial charge on any atom is -0.497 e. The molecule has 0 atom stereocenters. The normalized spacial score (nSPS) is 14.3. The number of piperazine rings is 1. The van der Waals surface area contributed by atoms with Gasteiger partial charge in [-0.1, -0.05) is 18.2 Å². The summed E-state index contributed by atoms with van der Waals surface area (Å²) in [6.07, 6.45) is 3.30. The highest BCUT2D eigenvalue weighted by Gasteiger charge is 2.21. The highest BCUT2D eigenvalue weighted by Crippen LogP contribution is 2.13. The van der Waals surface area contributed by atoms with Gasteiger partial charge in [-0.25, -0.2) is 4.98 Å². The summed E-state index contributed by atoms with van der Waals surface area (Å²) in [6.45, 7) is 4.80. The van der Waals surface area contributed by atoms with Crippen LogP contribution in [-0.2, 0) is 11.2 Å². The van der Waals surface area contributed by atoms with Crippen molar-refractivity contribution in [2.45, 2.75) is 12.8 Å². The second-order valence-corrected chi connectivity index (χ2v) is 6.65. The largest absolute Gasteiger partial charge is 0.497 e. The Balaban J connectivity index is 1.30. The molecule has 1 aromatic carbocycles. The van der Waals surface area contributed by atoms with Gasteiger partial charge in [0.2, 0.25) is 5.91 Å². The first kappa shape index (κ1) is 19.2. The van der Waals surface area contributed by atoms with Crippen molar-refractivity contribution in [1.82, 2.24) is 15.2 Å². The number of rotatable bonds is 8. The van der Waals surface area contributed by atoms with Crippen LogP contribution in [0.4, 0.5) is 5.82 Å². The third-order valence-electron chi connectivity index (χ3n) is 4.87. The van der Waals surface area contributed by atoms with Crippen molar-refractivity contribution < 1.29 is 9.53 Å². The summed E-state index contributed by atoms with van der Waals surface area (Å²) in [6, 6.07) is 14.0. The molecule has 0 bridgehead atoms. The van der Waals surface area contributed by atoms with E-state index in [2.05, 4.69) is 27.3 Å². The molecule has 144 valence electrons. The van der Waals surface area contributed by atoms with E-state index in [0.29, 0.717) is 6.42 Å². The number of aromatic nitrogens is 1. The van der Waals surface area contributed by atoms with E-state index in [9.17, 15) is 4.79 Å². The molecule has 6 nitrogen and oxygen atoms in total. The fourth-order valence-corrected chi connectivity index (χ4v) is 3.23. The van der Waals surface area contributed by atoms with Gasteiger partial charge in [0.1, 0.15) is 11.6 Å². The van der Waals surface area contributed by atoms with Crippen molar-refractivity contribution in [3.63, 3.8) is 0 Å². The number of hydrogen-bond acceptors (Lipinski definition) is 5. The molecule has 27 heavy (non-hydrogen) atoms. The molecule has 1 fully saturated rings. The molecule has 0 unspecified atom stereocenters. The lowest BCUT2D eigenvalue weighted by Crippen LogP contribution is -2.49. The molecule has 1 aromatic heterocycles. The van der Waals surface area contributed by atoms with E-state index in [1.165, 1.54) is 5.56 Å². The van der Waals surface area contributed by atoms with E-state index in [1.54, 1.807) is 7.11 Å². The number of amides is 1. The van der Waals surface area contributed by atoms with Crippen LogP contribution in [0.25, 0.3) is 0 Å². The molecular formula is C21H28N4O2. The molecule has 1 N–H and O–H groups in total. The molecule has 1 aliphatic heterocycles. The Hall–Kier alpha value is -2.60. The summed E-state index contributed by atoms with van der Waals surface area (Å²) in [4.78, 5) is 21.0. The van der Waals surface area contributed by atoms with Crippen LogP contribution in [0.3, 0.4) is 0 Å². The van der Waals surface area contributed by atoms with Crippen molar-refractivity contribution in [3.05, 3.63) is 54.2 Å². The van der Waals surface area contributed by atoms with E-state index in [1.807, 2.05) is 41.4 Å². The monoisotopic (exact) mass is 368 g/mol. The topological polar surface area (TPSA) is 57.7 Å². The fourth-order valence-electron chi connectivity index (χ4n) is 3.23. The lowest BCUT2D eigenvalue weighted by atomic mass is 10.1. The van der Waals surface area contributed by atoms with Gasteiger partial charge >= 0.3 is 0 Å². The van der Waals surface area contributed by atoms with Crippen LogP contribution in [-0.4, -0.2) is 62.2 Å². The van der Waals surface area contributed by atoms with Gasteiger partial charge < -0.3 is 19.9 Å². The lowest BCUT2D eigenvalue weighted by molar-refractivity contribution is -0.131. The molecule has 0 aliphatic carbocycles. The van der Waals surface area contributed by atoms with Gasteiger partial charge in [0.25, 0.3) is 0 Å². The number of pyridine rings is 1. The average Bonchev–Trinajstić information content (AvgIpc) is 2.74. The number of nitrogens with zero attached hydrogens (tertiary/aromatic N) is 3. The minimum atomic E-state index is 0.229. The van der Waals surface area contributed by atoms with E-state index in [0.717, 1.165) is 57.3 Å². The van der Waals surface area contributed by atoms with Crippen LogP contribution in [0.5, 0.6) is 5.75 Å². The average molecular weight is 368 g/mol. The predicted molar refractivity (Wildman–Crippen MR) is 107 cm³/mol. The highest BCUT2D eigenvalue weighted by atomic mass is 16.5. The van der Waals surface area contributed by atoms with Crippen LogP contribution < -0.4 is 15.0 Å². The summed E-state index contributed by atoms with van der Waals surface area (Å²) in [5, 5.41) is 3.37. The number of carbonyl (C=O) groups excluding carboxylic acids is 1. The van der Waals surface area contributed by atoms with Crippen molar-refractivity contribution in [2.24, 2.45) is 0 Å². The highest BCUT2D eigenvalue weighted by molar-refractivity contribution is 5.76. The number of nitrogens with one attached hydrogen (secondary N) is 1. The first-order chi connectivity index (χ1) is 13.3. The van der Waals surface area contributed by atoms with Crippen LogP contribution >= 0.6 is 0 Å². The number of anilines is 1. The molecule has 0 saturated carbocycles. The Morgan fingerprint density at radius 3 is 2.52 bits per heavy atom. The van der Waals surface area contributed by atoms with Crippen molar-refractivity contribution >= 4 is 11.7 Å². The second kappa shape index (κ2) is 9.92.